The van der Waals surface area contributed by atoms with E-state index in [4.69, 9.17) is 0 Å². The van der Waals surface area contributed by atoms with Crippen molar-refractivity contribution in [1.82, 2.24) is 10.6 Å². The molecular weight excluding hydrogens is 188 g/mol. The molecule has 0 radical (unpaired) electrons. The van der Waals surface area contributed by atoms with E-state index in [9.17, 15) is 4.79 Å². The van der Waals surface area contributed by atoms with Crippen LogP contribution in [-0.2, 0) is 4.79 Å². The van der Waals surface area contributed by atoms with Crippen molar-refractivity contribution in [2.45, 2.75) is 38.1 Å². The van der Waals surface area contributed by atoms with Gasteiger partial charge in [0.2, 0.25) is 5.91 Å². The van der Waals surface area contributed by atoms with Gasteiger partial charge in [0.15, 0.2) is 0 Å². The first-order valence-electron chi connectivity index (χ1n) is 6.31. The first-order chi connectivity index (χ1) is 7.31. The van der Waals surface area contributed by atoms with Crippen LogP contribution in [0.1, 0.15) is 32.1 Å². The molecule has 1 saturated heterocycles. The predicted octanol–water partition coefficient (Wildman–Crippen LogP) is 0.901. The Hall–Kier alpha value is -0.570. The second-order valence-corrected chi connectivity index (χ2v) is 5.55. The highest BCUT2D eigenvalue weighted by molar-refractivity contribution is 5.78. The predicted molar refractivity (Wildman–Crippen MR) is 58.4 cm³/mol. The van der Waals surface area contributed by atoms with Crippen LogP contribution in [0.2, 0.25) is 0 Å². The molecule has 3 nitrogen and oxygen atoms in total. The van der Waals surface area contributed by atoms with Crippen molar-refractivity contribution in [2.75, 3.05) is 13.1 Å². The Morgan fingerprint density at radius 3 is 2.87 bits per heavy atom. The lowest BCUT2D eigenvalue weighted by Gasteiger charge is -2.23. The van der Waals surface area contributed by atoms with Crippen molar-refractivity contribution in [3.05, 3.63) is 0 Å². The monoisotopic (exact) mass is 208 g/mol. The van der Waals surface area contributed by atoms with Gasteiger partial charge in [-0.25, -0.2) is 0 Å². The van der Waals surface area contributed by atoms with Gasteiger partial charge in [0, 0.05) is 19.0 Å². The molecule has 1 amide bonds. The topological polar surface area (TPSA) is 41.1 Å². The highest BCUT2D eigenvalue weighted by Crippen LogP contribution is 2.47. The molecule has 1 heterocycles. The Kier molecular flexibility index (Phi) is 2.43. The zero-order valence-electron chi connectivity index (χ0n) is 9.17. The summed E-state index contributed by atoms with van der Waals surface area (Å²) in [5.74, 6) is 3.14. The molecule has 1 aliphatic heterocycles. The van der Waals surface area contributed by atoms with Crippen molar-refractivity contribution in [3.63, 3.8) is 0 Å². The third-order valence-electron chi connectivity index (χ3n) is 4.53. The van der Waals surface area contributed by atoms with Crippen LogP contribution < -0.4 is 10.6 Å². The molecule has 2 aliphatic carbocycles. The fourth-order valence-corrected chi connectivity index (χ4v) is 3.69. The number of hydrogen-bond acceptors (Lipinski definition) is 2. The molecule has 3 fully saturated rings. The molecule has 2 N–H and O–H groups in total. The Balaban J connectivity index is 1.45. The minimum atomic E-state index is 0.209. The van der Waals surface area contributed by atoms with Gasteiger partial charge < -0.3 is 10.6 Å². The van der Waals surface area contributed by atoms with Gasteiger partial charge in [-0.1, -0.05) is 6.42 Å². The maximum absolute atomic E-state index is 11.0. The van der Waals surface area contributed by atoms with E-state index in [2.05, 4.69) is 10.6 Å². The molecule has 2 saturated carbocycles. The maximum Gasteiger partial charge on any atom is 0.221 e. The Morgan fingerprint density at radius 1 is 1.33 bits per heavy atom. The number of nitrogens with one attached hydrogen (secondary N) is 2. The van der Waals surface area contributed by atoms with E-state index < -0.39 is 0 Å². The number of hydrogen-bond donors (Lipinski definition) is 2. The van der Waals surface area contributed by atoms with Gasteiger partial charge in [0.1, 0.15) is 0 Å². The van der Waals surface area contributed by atoms with E-state index in [0.717, 1.165) is 30.8 Å². The van der Waals surface area contributed by atoms with Crippen LogP contribution in [0.15, 0.2) is 0 Å². The molecule has 2 bridgehead atoms. The van der Waals surface area contributed by atoms with Gasteiger partial charge in [0.25, 0.3) is 0 Å². The van der Waals surface area contributed by atoms with Gasteiger partial charge in [0.05, 0.1) is 0 Å². The van der Waals surface area contributed by atoms with Gasteiger partial charge in [-0.15, -0.1) is 0 Å². The summed E-state index contributed by atoms with van der Waals surface area (Å²) < 4.78 is 0. The summed E-state index contributed by atoms with van der Waals surface area (Å²) in [5, 5.41) is 6.43. The molecule has 0 aromatic heterocycles. The third kappa shape index (κ3) is 1.89. The molecule has 15 heavy (non-hydrogen) atoms. The summed E-state index contributed by atoms with van der Waals surface area (Å²) in [6.45, 7) is 1.97. The summed E-state index contributed by atoms with van der Waals surface area (Å²) in [6, 6.07) is 0.400. The first kappa shape index (κ1) is 9.64. The summed E-state index contributed by atoms with van der Waals surface area (Å²) >= 11 is 0. The number of fused-ring (bicyclic) bond motifs is 2. The quantitative estimate of drug-likeness (QED) is 0.723. The van der Waals surface area contributed by atoms with Gasteiger partial charge in [-0.05, 0) is 43.6 Å². The second-order valence-electron chi connectivity index (χ2n) is 5.55. The number of carbonyl (C=O) groups is 1. The highest BCUT2D eigenvalue weighted by atomic mass is 16.1. The van der Waals surface area contributed by atoms with Crippen LogP contribution in [0.5, 0.6) is 0 Å². The van der Waals surface area contributed by atoms with Crippen molar-refractivity contribution in [3.8, 4) is 0 Å². The summed E-state index contributed by atoms with van der Waals surface area (Å²) in [7, 11) is 0. The summed E-state index contributed by atoms with van der Waals surface area (Å²) in [5.41, 5.74) is 0. The lowest BCUT2D eigenvalue weighted by molar-refractivity contribution is -0.119. The van der Waals surface area contributed by atoms with E-state index in [1.807, 2.05) is 0 Å². The van der Waals surface area contributed by atoms with Crippen molar-refractivity contribution >= 4 is 5.91 Å². The van der Waals surface area contributed by atoms with Crippen molar-refractivity contribution in [2.24, 2.45) is 17.8 Å². The zero-order chi connectivity index (χ0) is 10.3. The zero-order valence-corrected chi connectivity index (χ0v) is 9.17. The Bertz CT molecular complexity index is 266. The molecule has 3 rings (SSSR count). The van der Waals surface area contributed by atoms with E-state index in [1.165, 1.54) is 25.7 Å². The first-order valence-corrected chi connectivity index (χ1v) is 6.31. The minimum Gasteiger partial charge on any atom is -0.354 e. The molecular formula is C12H20N2O. The maximum atomic E-state index is 11.0. The Labute approximate surface area is 91.0 Å². The average molecular weight is 208 g/mol. The Morgan fingerprint density at radius 2 is 2.27 bits per heavy atom. The number of carbonyl (C=O) groups excluding carboxylic acids is 1. The molecule has 3 heteroatoms. The van der Waals surface area contributed by atoms with E-state index in [1.54, 1.807) is 0 Å². The van der Waals surface area contributed by atoms with Crippen molar-refractivity contribution in [1.29, 1.82) is 0 Å². The van der Waals surface area contributed by atoms with Crippen LogP contribution in [0, 0.1) is 17.8 Å². The van der Waals surface area contributed by atoms with Crippen LogP contribution in [0.4, 0.5) is 0 Å². The van der Waals surface area contributed by atoms with Crippen molar-refractivity contribution < 1.29 is 4.79 Å². The highest BCUT2D eigenvalue weighted by Gasteiger charge is 2.39. The van der Waals surface area contributed by atoms with Gasteiger partial charge in [-0.3, -0.25) is 4.79 Å². The molecule has 3 aliphatic rings. The molecule has 0 aromatic rings. The summed E-state index contributed by atoms with van der Waals surface area (Å²) in [4.78, 5) is 11.0. The van der Waals surface area contributed by atoms with E-state index in [-0.39, 0.29) is 5.91 Å². The lowest BCUT2D eigenvalue weighted by Crippen LogP contribution is -2.36. The minimum absolute atomic E-state index is 0.209. The fraction of sp³-hybridized carbons (Fsp3) is 0.917. The fourth-order valence-electron chi connectivity index (χ4n) is 3.69. The standard InChI is InChI=1S/C12H20N2O/c15-12-5-11(7-14-12)13-6-10-4-8-1-2-9(10)3-8/h8-11,13H,1-7H2,(H,14,15). The van der Waals surface area contributed by atoms with E-state index in [0.29, 0.717) is 12.5 Å². The van der Waals surface area contributed by atoms with Crippen LogP contribution in [0.25, 0.3) is 0 Å². The summed E-state index contributed by atoms with van der Waals surface area (Å²) in [6.07, 6.45) is 6.53. The van der Waals surface area contributed by atoms with Gasteiger partial charge in [-0.2, -0.15) is 0 Å². The van der Waals surface area contributed by atoms with Crippen LogP contribution in [0.3, 0.4) is 0 Å². The van der Waals surface area contributed by atoms with Gasteiger partial charge >= 0.3 is 0 Å². The van der Waals surface area contributed by atoms with Crippen LogP contribution >= 0.6 is 0 Å². The third-order valence-corrected chi connectivity index (χ3v) is 4.53. The number of rotatable bonds is 3. The lowest BCUT2D eigenvalue weighted by atomic mass is 9.88. The largest absolute Gasteiger partial charge is 0.354 e. The number of amides is 1. The van der Waals surface area contributed by atoms with E-state index >= 15 is 0 Å². The smallest absolute Gasteiger partial charge is 0.221 e. The molecule has 0 spiro atoms. The SMILES string of the molecule is O=C1CC(NCC2CC3CCC2C3)CN1. The second kappa shape index (κ2) is 3.78. The normalized spacial score (nSPS) is 43.6. The molecule has 84 valence electrons. The molecule has 4 atom stereocenters. The average Bonchev–Trinajstić information content (AvgIpc) is 2.90. The molecule has 0 aromatic carbocycles. The molecule has 4 unspecified atom stereocenters. The van der Waals surface area contributed by atoms with Crippen LogP contribution in [-0.4, -0.2) is 25.0 Å².